The van der Waals surface area contributed by atoms with Gasteiger partial charge in [0.25, 0.3) is 0 Å². The summed E-state index contributed by atoms with van der Waals surface area (Å²) in [5, 5.41) is 22.4. The number of likely N-dealkylation sites (tertiary alicyclic amines) is 1. The summed E-state index contributed by atoms with van der Waals surface area (Å²) in [7, 11) is 0. The fourth-order valence-electron chi connectivity index (χ4n) is 5.89. The van der Waals surface area contributed by atoms with E-state index in [2.05, 4.69) is 6.58 Å². The van der Waals surface area contributed by atoms with E-state index in [-0.39, 0.29) is 12.3 Å². The standard InChI is InChI=1S/C30H32N2O4/c1-21-16-24-17-22(12-13-23(24)20-36-21)18-29(34,35)32-15-14-27(19-32)30(28(31)33,25-8-4-2-5-9-25)26-10-6-3-7-11-26/h2-13,17,27,34-35H,1,14-16,18-20H2,(H2,31,33). The van der Waals surface area contributed by atoms with Crippen molar-refractivity contribution >= 4 is 5.91 Å². The number of benzene rings is 3. The van der Waals surface area contributed by atoms with Gasteiger partial charge >= 0.3 is 0 Å². The number of hydrogen-bond acceptors (Lipinski definition) is 5. The first-order valence-electron chi connectivity index (χ1n) is 12.3. The monoisotopic (exact) mass is 484 g/mol. The van der Waals surface area contributed by atoms with Crippen LogP contribution < -0.4 is 5.73 Å². The zero-order valence-corrected chi connectivity index (χ0v) is 20.3. The molecule has 6 nitrogen and oxygen atoms in total. The molecule has 0 saturated carbocycles. The predicted octanol–water partition coefficient (Wildman–Crippen LogP) is 3.25. The number of fused-ring (bicyclic) bond motifs is 1. The van der Waals surface area contributed by atoms with E-state index >= 15 is 0 Å². The van der Waals surface area contributed by atoms with Crippen molar-refractivity contribution in [2.75, 3.05) is 13.1 Å². The zero-order chi connectivity index (χ0) is 25.3. The second-order valence-corrected chi connectivity index (χ2v) is 9.89. The van der Waals surface area contributed by atoms with E-state index in [1.54, 1.807) is 4.90 Å². The van der Waals surface area contributed by atoms with Crippen molar-refractivity contribution in [3.63, 3.8) is 0 Å². The summed E-state index contributed by atoms with van der Waals surface area (Å²) in [5.41, 5.74) is 9.72. The van der Waals surface area contributed by atoms with E-state index in [9.17, 15) is 15.0 Å². The fraction of sp³-hybridized carbons (Fsp3) is 0.300. The van der Waals surface area contributed by atoms with E-state index < -0.39 is 17.2 Å². The van der Waals surface area contributed by atoms with Gasteiger partial charge in [-0.3, -0.25) is 9.69 Å². The topological polar surface area (TPSA) is 96.0 Å². The molecule has 4 N–H and O–H groups in total. The number of ether oxygens (including phenoxy) is 1. The van der Waals surface area contributed by atoms with Crippen LogP contribution in [0.5, 0.6) is 0 Å². The van der Waals surface area contributed by atoms with Crippen molar-refractivity contribution in [1.82, 2.24) is 4.90 Å². The highest BCUT2D eigenvalue weighted by Crippen LogP contribution is 2.44. The predicted molar refractivity (Wildman–Crippen MR) is 137 cm³/mol. The second kappa shape index (κ2) is 9.54. The molecule has 2 aliphatic heterocycles. The van der Waals surface area contributed by atoms with Gasteiger partial charge in [-0.15, -0.1) is 0 Å². The number of aliphatic hydroxyl groups is 2. The third-order valence-corrected chi connectivity index (χ3v) is 7.69. The molecule has 3 aromatic rings. The van der Waals surface area contributed by atoms with E-state index in [0.717, 1.165) is 27.8 Å². The van der Waals surface area contributed by atoms with Crippen LogP contribution >= 0.6 is 0 Å². The molecule has 186 valence electrons. The van der Waals surface area contributed by atoms with Gasteiger partial charge in [0.1, 0.15) is 12.0 Å². The minimum Gasteiger partial charge on any atom is -0.494 e. The molecule has 0 aliphatic carbocycles. The number of hydrogen-bond donors (Lipinski definition) is 3. The number of primary amides is 1. The number of amides is 1. The van der Waals surface area contributed by atoms with Gasteiger partial charge in [0.15, 0.2) is 0 Å². The van der Waals surface area contributed by atoms with Crippen LogP contribution in [-0.4, -0.2) is 40.0 Å². The first kappa shape index (κ1) is 24.3. The Morgan fingerprint density at radius 3 is 2.25 bits per heavy atom. The zero-order valence-electron chi connectivity index (χ0n) is 20.3. The Bertz CT molecular complexity index is 1220. The lowest BCUT2D eigenvalue weighted by atomic mass is 9.64. The number of nitrogens with two attached hydrogens (primary N) is 1. The van der Waals surface area contributed by atoms with Gasteiger partial charge in [0.05, 0.1) is 5.76 Å². The van der Waals surface area contributed by atoms with Crippen molar-refractivity contribution in [3.8, 4) is 0 Å². The molecule has 2 aliphatic rings. The van der Waals surface area contributed by atoms with Crippen LogP contribution in [0.15, 0.2) is 91.2 Å². The maximum absolute atomic E-state index is 13.3. The molecule has 0 aromatic heterocycles. The van der Waals surface area contributed by atoms with E-state index in [0.29, 0.717) is 38.3 Å². The molecular weight excluding hydrogens is 452 g/mol. The average molecular weight is 485 g/mol. The highest BCUT2D eigenvalue weighted by molar-refractivity contribution is 5.91. The summed E-state index contributed by atoms with van der Waals surface area (Å²) in [4.78, 5) is 14.9. The second-order valence-electron chi connectivity index (χ2n) is 9.89. The molecule has 1 amide bonds. The SMILES string of the molecule is C=C1Cc2cc(CC(O)(O)N3CCC(C(C(N)=O)(c4ccccc4)c4ccccc4)C3)ccc2CO1. The summed E-state index contributed by atoms with van der Waals surface area (Å²) in [6.45, 7) is 5.14. The molecular formula is C30H32N2O4. The van der Waals surface area contributed by atoms with E-state index in [1.807, 2.05) is 78.9 Å². The normalized spacial score (nSPS) is 18.5. The lowest BCUT2D eigenvalue weighted by Gasteiger charge is -2.39. The van der Waals surface area contributed by atoms with Crippen molar-refractivity contribution in [2.45, 2.75) is 37.2 Å². The molecule has 0 bridgehead atoms. The lowest BCUT2D eigenvalue weighted by molar-refractivity contribution is -0.257. The van der Waals surface area contributed by atoms with Crippen molar-refractivity contribution < 1.29 is 19.7 Å². The summed E-state index contributed by atoms with van der Waals surface area (Å²) < 4.78 is 5.52. The lowest BCUT2D eigenvalue weighted by Crippen LogP contribution is -2.52. The summed E-state index contributed by atoms with van der Waals surface area (Å²) in [6, 6.07) is 25.0. The van der Waals surface area contributed by atoms with Gasteiger partial charge in [-0.25, -0.2) is 0 Å². The van der Waals surface area contributed by atoms with Crippen LogP contribution in [0.25, 0.3) is 0 Å². The molecule has 2 heterocycles. The highest BCUT2D eigenvalue weighted by Gasteiger charge is 2.52. The number of nitrogens with zero attached hydrogens (tertiary/aromatic N) is 1. The van der Waals surface area contributed by atoms with Gasteiger partial charge < -0.3 is 20.7 Å². The van der Waals surface area contributed by atoms with Gasteiger partial charge in [0.2, 0.25) is 11.8 Å². The van der Waals surface area contributed by atoms with Gasteiger partial charge in [-0.1, -0.05) is 85.4 Å². The van der Waals surface area contributed by atoms with Crippen LogP contribution in [0.4, 0.5) is 0 Å². The molecule has 3 aromatic carbocycles. The third-order valence-electron chi connectivity index (χ3n) is 7.69. The molecule has 1 fully saturated rings. The minimum atomic E-state index is -2.07. The van der Waals surface area contributed by atoms with Crippen molar-refractivity contribution in [2.24, 2.45) is 11.7 Å². The van der Waals surface area contributed by atoms with Crippen LogP contribution in [-0.2, 0) is 34.4 Å². The first-order chi connectivity index (χ1) is 17.3. The molecule has 1 atom stereocenters. The van der Waals surface area contributed by atoms with Crippen LogP contribution in [0.2, 0.25) is 0 Å². The maximum atomic E-state index is 13.3. The molecule has 1 unspecified atom stereocenters. The number of allylic oxidation sites excluding steroid dienone is 1. The third kappa shape index (κ3) is 4.32. The first-order valence-corrected chi connectivity index (χ1v) is 12.3. The molecule has 5 rings (SSSR count). The maximum Gasteiger partial charge on any atom is 0.232 e. The van der Waals surface area contributed by atoms with Crippen LogP contribution in [0.1, 0.15) is 34.2 Å². The quantitative estimate of drug-likeness (QED) is 0.448. The largest absolute Gasteiger partial charge is 0.494 e. The Labute approximate surface area is 211 Å². The number of rotatable bonds is 7. The number of carbonyl (C=O) groups is 1. The van der Waals surface area contributed by atoms with Crippen molar-refractivity contribution in [3.05, 3.63) is 119 Å². The number of carbonyl (C=O) groups excluding carboxylic acids is 1. The Kier molecular flexibility index (Phi) is 6.43. The van der Waals surface area contributed by atoms with Crippen LogP contribution in [0, 0.1) is 5.92 Å². The highest BCUT2D eigenvalue weighted by atomic mass is 16.5. The fourth-order valence-corrected chi connectivity index (χ4v) is 5.89. The van der Waals surface area contributed by atoms with Crippen LogP contribution in [0.3, 0.4) is 0 Å². The smallest absolute Gasteiger partial charge is 0.232 e. The Morgan fingerprint density at radius 2 is 1.64 bits per heavy atom. The van der Waals surface area contributed by atoms with Gasteiger partial charge in [-0.2, -0.15) is 0 Å². The molecule has 0 radical (unpaired) electrons. The minimum absolute atomic E-state index is 0.0422. The molecule has 6 heteroatoms. The Morgan fingerprint density at radius 1 is 1.00 bits per heavy atom. The van der Waals surface area contributed by atoms with Gasteiger partial charge in [-0.05, 0) is 40.2 Å². The molecule has 36 heavy (non-hydrogen) atoms. The molecule has 1 saturated heterocycles. The molecule has 0 spiro atoms. The Balaban J connectivity index is 1.43. The summed E-state index contributed by atoms with van der Waals surface area (Å²) in [6.07, 6.45) is 1.26. The summed E-state index contributed by atoms with van der Waals surface area (Å²) >= 11 is 0. The van der Waals surface area contributed by atoms with E-state index in [1.165, 1.54) is 0 Å². The Hall–Kier alpha value is -3.45. The van der Waals surface area contributed by atoms with Gasteiger partial charge in [0, 0.05) is 25.9 Å². The average Bonchev–Trinajstić information content (AvgIpc) is 3.37. The summed E-state index contributed by atoms with van der Waals surface area (Å²) in [5.74, 6) is -2.03. The van der Waals surface area contributed by atoms with Crippen molar-refractivity contribution in [1.29, 1.82) is 0 Å². The van der Waals surface area contributed by atoms with E-state index in [4.69, 9.17) is 10.5 Å².